The van der Waals surface area contributed by atoms with E-state index in [0.29, 0.717) is 24.8 Å². The normalized spacial score (nSPS) is 17.4. The molecule has 8 amide bonds. The van der Waals surface area contributed by atoms with Crippen molar-refractivity contribution in [3.8, 4) is 5.75 Å². The quantitative estimate of drug-likeness (QED) is 0.0630. The molecule has 0 spiro atoms. The van der Waals surface area contributed by atoms with Crippen LogP contribution in [0, 0.1) is 0 Å². The largest absolute Gasteiger partial charge is 0.484 e. The maximum atomic E-state index is 13.8. The zero-order valence-corrected chi connectivity index (χ0v) is 38.5. The van der Waals surface area contributed by atoms with Crippen LogP contribution in [-0.4, -0.2) is 137 Å². The number of carbonyl (C=O) groups is 9. The van der Waals surface area contributed by atoms with Crippen LogP contribution in [0.3, 0.4) is 0 Å². The van der Waals surface area contributed by atoms with E-state index in [-0.39, 0.29) is 49.7 Å². The number of methoxy groups -OCH3 is 1. The Morgan fingerprint density at radius 3 is 1.94 bits per heavy atom. The molecule has 2 fully saturated rings. The van der Waals surface area contributed by atoms with E-state index in [4.69, 9.17) is 10.5 Å². The minimum Gasteiger partial charge on any atom is -0.484 e. The Morgan fingerprint density at radius 2 is 1.34 bits per heavy atom. The van der Waals surface area contributed by atoms with E-state index in [1.807, 2.05) is 20.8 Å². The first-order chi connectivity index (χ1) is 32.3. The van der Waals surface area contributed by atoms with Crippen LogP contribution in [-0.2, 0) is 60.7 Å². The Bertz CT molecular complexity index is 2310. The molecular formula is C48H60N8O12. The van der Waals surface area contributed by atoms with Crippen LogP contribution in [0.15, 0.2) is 84.9 Å². The van der Waals surface area contributed by atoms with Gasteiger partial charge in [0.25, 0.3) is 11.8 Å². The molecule has 0 aliphatic carbocycles. The molecule has 3 aromatic carbocycles. The van der Waals surface area contributed by atoms with Gasteiger partial charge in [0.05, 0.1) is 19.6 Å². The summed E-state index contributed by atoms with van der Waals surface area (Å²) in [4.78, 5) is 121. The topological polar surface area (TPSA) is 285 Å². The minimum absolute atomic E-state index is 0.0318. The number of hydrogen-bond acceptors (Lipinski definition) is 12. The van der Waals surface area contributed by atoms with Gasteiger partial charge in [0, 0.05) is 36.8 Å². The summed E-state index contributed by atoms with van der Waals surface area (Å²) in [6, 6.07) is 17.8. The third-order valence-electron chi connectivity index (χ3n) is 11.2. The average molecular weight is 941 g/mol. The molecule has 0 bridgehead atoms. The predicted molar refractivity (Wildman–Crippen MR) is 246 cm³/mol. The van der Waals surface area contributed by atoms with Gasteiger partial charge in [-0.05, 0) is 76.1 Å². The third-order valence-corrected chi connectivity index (χ3v) is 11.2. The molecule has 0 radical (unpaired) electrons. The lowest BCUT2D eigenvalue weighted by molar-refractivity contribution is -0.159. The number of nitrogens with two attached hydrogens (primary N) is 1. The Labute approximate surface area is 394 Å². The van der Waals surface area contributed by atoms with Gasteiger partial charge in [-0.3, -0.25) is 38.4 Å². The second-order valence-corrected chi connectivity index (χ2v) is 17.7. The molecule has 2 aliphatic rings. The van der Waals surface area contributed by atoms with Gasteiger partial charge in [-0.1, -0.05) is 66.7 Å². The molecule has 20 nitrogen and oxygen atoms in total. The number of carbonyl (C=O) groups excluding carboxylic acids is 9. The van der Waals surface area contributed by atoms with Crippen LogP contribution in [0.4, 0.5) is 5.69 Å². The SMILES string of the molecule is COC(=O)C(=O)N1CCC[C@H]1C(=O)N[C@@H](Cc1ccccc1)C(=O)Nc1cccc(OCC(=O)N[C@@H](CC(N)=O)C(=O)N[C@@H](Cc2ccccc2)[C@H](O)C(=O)N2CCC[C@H]2C(=O)NC(C)(C)C)c1. The number of hydrogen-bond donors (Lipinski definition) is 7. The van der Waals surface area contributed by atoms with Crippen molar-refractivity contribution < 1.29 is 57.7 Å². The van der Waals surface area contributed by atoms with Crippen LogP contribution >= 0.6 is 0 Å². The molecule has 0 aromatic heterocycles. The summed E-state index contributed by atoms with van der Waals surface area (Å²) < 4.78 is 10.2. The van der Waals surface area contributed by atoms with Crippen molar-refractivity contribution in [3.05, 3.63) is 96.1 Å². The molecule has 2 heterocycles. The van der Waals surface area contributed by atoms with E-state index in [9.17, 15) is 48.3 Å². The van der Waals surface area contributed by atoms with Crippen LogP contribution < -0.4 is 37.1 Å². The van der Waals surface area contributed by atoms with Crippen molar-refractivity contribution in [3.63, 3.8) is 0 Å². The monoisotopic (exact) mass is 940 g/mol. The summed E-state index contributed by atoms with van der Waals surface area (Å²) in [7, 11) is 1.07. The standard InChI is InChI=1S/C48H60N8O12/c1-48(2,3)54-44(63)37-21-13-22-55(37)45(64)40(59)33(24-29-14-7-5-8-15-29)52-42(61)35(27-38(49)57)51-39(58)28-68-32-19-11-18-31(26-32)50-41(60)34(25-30-16-9-6-10-17-30)53-43(62)36-20-12-23-56(36)46(65)47(66)67-4/h5-11,14-19,26,33-37,40,59H,12-13,20-25,27-28H2,1-4H3,(H2,49,57)(H,50,60)(H,51,58)(H,52,61)(H,53,62)(H,54,63)/t33-,34-,35-,36-,37-,40-/m0/s1. The molecule has 364 valence electrons. The van der Waals surface area contributed by atoms with E-state index >= 15 is 0 Å². The number of likely N-dealkylation sites (tertiary alicyclic amines) is 2. The zero-order valence-electron chi connectivity index (χ0n) is 38.5. The Hall–Kier alpha value is -7.35. The lowest BCUT2D eigenvalue weighted by Gasteiger charge is -2.32. The van der Waals surface area contributed by atoms with E-state index in [2.05, 4.69) is 31.3 Å². The number of anilines is 1. The Balaban J connectivity index is 1.24. The van der Waals surface area contributed by atoms with Crippen LogP contribution in [0.2, 0.25) is 0 Å². The second-order valence-electron chi connectivity index (χ2n) is 17.7. The highest BCUT2D eigenvalue weighted by Gasteiger charge is 2.42. The second kappa shape index (κ2) is 23.9. The molecule has 0 unspecified atom stereocenters. The van der Waals surface area contributed by atoms with Crippen molar-refractivity contribution in [2.45, 2.75) is 108 Å². The highest BCUT2D eigenvalue weighted by molar-refractivity contribution is 6.32. The number of rotatable bonds is 19. The molecule has 2 saturated heterocycles. The Kier molecular flexibility index (Phi) is 18.1. The van der Waals surface area contributed by atoms with E-state index in [0.717, 1.165) is 17.6 Å². The van der Waals surface area contributed by atoms with E-state index in [1.54, 1.807) is 66.7 Å². The van der Waals surface area contributed by atoms with Gasteiger partial charge in [0.1, 0.15) is 29.9 Å². The van der Waals surface area contributed by atoms with Gasteiger partial charge in [0.2, 0.25) is 29.5 Å². The van der Waals surface area contributed by atoms with Gasteiger partial charge in [-0.15, -0.1) is 0 Å². The summed E-state index contributed by atoms with van der Waals surface area (Å²) in [5.74, 6) is -7.06. The lowest BCUT2D eigenvalue weighted by atomic mass is 9.99. The number of primary amides is 1. The first-order valence-corrected chi connectivity index (χ1v) is 22.3. The third kappa shape index (κ3) is 14.8. The molecule has 20 heteroatoms. The number of nitrogens with one attached hydrogen (secondary N) is 5. The molecule has 68 heavy (non-hydrogen) atoms. The van der Waals surface area contributed by atoms with Crippen molar-refractivity contribution in [1.29, 1.82) is 0 Å². The van der Waals surface area contributed by atoms with Crippen molar-refractivity contribution in [2.75, 3.05) is 32.1 Å². The van der Waals surface area contributed by atoms with E-state index in [1.165, 1.54) is 23.1 Å². The van der Waals surface area contributed by atoms with Gasteiger partial charge >= 0.3 is 11.9 Å². The highest BCUT2D eigenvalue weighted by Crippen LogP contribution is 2.23. The first-order valence-electron chi connectivity index (χ1n) is 22.3. The minimum atomic E-state index is -1.82. The molecule has 6 atom stereocenters. The van der Waals surface area contributed by atoms with Crippen molar-refractivity contribution in [1.82, 2.24) is 31.1 Å². The summed E-state index contributed by atoms with van der Waals surface area (Å²) in [5.41, 5.74) is 6.51. The number of aliphatic hydroxyl groups excluding tert-OH is 1. The van der Waals surface area contributed by atoms with Crippen molar-refractivity contribution >= 4 is 58.9 Å². The molecule has 0 saturated carbocycles. The molecular weight excluding hydrogens is 881 g/mol. The fourth-order valence-electron chi connectivity index (χ4n) is 7.99. The fourth-order valence-corrected chi connectivity index (χ4v) is 7.99. The number of ether oxygens (including phenoxy) is 2. The van der Waals surface area contributed by atoms with Crippen LogP contribution in [0.1, 0.15) is 64.0 Å². The maximum absolute atomic E-state index is 13.8. The van der Waals surface area contributed by atoms with Gasteiger partial charge in [-0.2, -0.15) is 0 Å². The molecule has 3 aromatic rings. The Morgan fingerprint density at radius 1 is 0.735 bits per heavy atom. The van der Waals surface area contributed by atoms with E-state index < -0.39 is 102 Å². The smallest absolute Gasteiger partial charge is 0.396 e. The number of esters is 1. The molecule has 8 N–H and O–H groups in total. The zero-order chi connectivity index (χ0) is 49.5. The fraction of sp³-hybridized carbons (Fsp3) is 0.438. The summed E-state index contributed by atoms with van der Waals surface area (Å²) >= 11 is 0. The first kappa shape index (κ1) is 51.6. The average Bonchev–Trinajstić information content (AvgIpc) is 4.01. The number of benzene rings is 3. The van der Waals surface area contributed by atoms with Crippen LogP contribution in [0.5, 0.6) is 5.75 Å². The van der Waals surface area contributed by atoms with Gasteiger partial charge in [-0.25, -0.2) is 4.79 Å². The predicted octanol–water partition coefficient (Wildman–Crippen LogP) is 0.250. The summed E-state index contributed by atoms with van der Waals surface area (Å²) in [5, 5.41) is 24.9. The lowest BCUT2D eigenvalue weighted by Crippen LogP contribution is -2.59. The molecule has 5 rings (SSSR count). The number of nitrogens with zero attached hydrogens (tertiary/aromatic N) is 2. The maximum Gasteiger partial charge on any atom is 0.396 e. The number of aliphatic hydroxyl groups is 1. The summed E-state index contributed by atoms with van der Waals surface area (Å²) in [6.07, 6.45) is -0.801. The van der Waals surface area contributed by atoms with Gasteiger partial charge < -0.3 is 56.7 Å². The number of amides is 8. The summed E-state index contributed by atoms with van der Waals surface area (Å²) in [6.45, 7) is 5.12. The molecule has 2 aliphatic heterocycles. The van der Waals surface area contributed by atoms with Gasteiger partial charge in [0.15, 0.2) is 12.7 Å². The van der Waals surface area contributed by atoms with Crippen LogP contribution in [0.25, 0.3) is 0 Å². The highest BCUT2D eigenvalue weighted by atomic mass is 16.5. The van der Waals surface area contributed by atoms with Crippen molar-refractivity contribution in [2.24, 2.45) is 5.73 Å².